The molecule has 2 aromatic heterocycles. The first-order chi connectivity index (χ1) is 12.4. The number of carbonyl (C=O) groups excluding carboxylic acids is 1. The van der Waals surface area contributed by atoms with E-state index in [9.17, 15) is 4.79 Å². The van der Waals surface area contributed by atoms with Gasteiger partial charge in [-0.2, -0.15) is 5.10 Å². The van der Waals surface area contributed by atoms with Crippen molar-refractivity contribution in [1.82, 2.24) is 19.9 Å². The highest BCUT2D eigenvalue weighted by molar-refractivity contribution is 5.95. The molecule has 1 aromatic carbocycles. The minimum atomic E-state index is -0.112. The number of carbonyl (C=O) groups is 1. The second kappa shape index (κ2) is 7.28. The summed E-state index contributed by atoms with van der Waals surface area (Å²) in [6, 6.07) is 11.9. The van der Waals surface area contributed by atoms with Gasteiger partial charge in [0.15, 0.2) is 5.65 Å². The number of aromatic nitrogens is 3. The summed E-state index contributed by atoms with van der Waals surface area (Å²) in [6.07, 6.45) is 3.38. The van der Waals surface area contributed by atoms with Gasteiger partial charge in [0, 0.05) is 24.2 Å². The van der Waals surface area contributed by atoms with Gasteiger partial charge in [0.1, 0.15) is 0 Å². The molecule has 0 spiro atoms. The first kappa shape index (κ1) is 18.1. The Kier molecular flexibility index (Phi) is 5.07. The molecule has 0 aliphatic carbocycles. The van der Waals surface area contributed by atoms with Crippen LogP contribution in [0.3, 0.4) is 0 Å². The van der Waals surface area contributed by atoms with Crippen molar-refractivity contribution in [3.8, 4) is 0 Å². The average Bonchev–Trinajstić information content (AvgIpc) is 3.06. The van der Waals surface area contributed by atoms with Crippen LogP contribution in [0.1, 0.15) is 61.4 Å². The maximum absolute atomic E-state index is 12.8. The molecule has 26 heavy (non-hydrogen) atoms. The molecule has 3 aromatic rings. The Bertz CT molecular complexity index is 907. The van der Waals surface area contributed by atoms with Crippen LogP contribution in [-0.2, 0) is 18.4 Å². The second-order valence-electron chi connectivity index (χ2n) is 7.59. The lowest BCUT2D eigenvalue weighted by Crippen LogP contribution is -2.25. The Morgan fingerprint density at radius 3 is 2.58 bits per heavy atom. The molecular formula is C21H26N4O. The monoisotopic (exact) mass is 350 g/mol. The average molecular weight is 350 g/mol. The van der Waals surface area contributed by atoms with Crippen LogP contribution in [0.2, 0.25) is 0 Å². The standard InChI is InChI=1S/C21H26N4O/c1-5-9-17-16(20(26)23-13-15-10-7-6-8-11-15)14-22-19-12-18(21(2,3)4)24-25(17)19/h6-8,10-12,14H,5,9,13H2,1-4H3,(H,23,26). The van der Waals surface area contributed by atoms with Crippen molar-refractivity contribution in [3.05, 3.63) is 65.1 Å². The molecule has 3 rings (SSSR count). The van der Waals surface area contributed by atoms with Crippen LogP contribution in [0.15, 0.2) is 42.6 Å². The molecule has 1 amide bonds. The largest absolute Gasteiger partial charge is 0.348 e. The lowest BCUT2D eigenvalue weighted by molar-refractivity contribution is 0.0949. The van der Waals surface area contributed by atoms with Gasteiger partial charge in [0.2, 0.25) is 0 Å². The molecule has 136 valence electrons. The smallest absolute Gasteiger partial charge is 0.254 e. The van der Waals surface area contributed by atoms with Gasteiger partial charge in [0.05, 0.1) is 17.0 Å². The number of fused-ring (bicyclic) bond motifs is 1. The lowest BCUT2D eigenvalue weighted by atomic mass is 9.93. The second-order valence-corrected chi connectivity index (χ2v) is 7.59. The van der Waals surface area contributed by atoms with Gasteiger partial charge in [-0.05, 0) is 12.0 Å². The topological polar surface area (TPSA) is 59.3 Å². The van der Waals surface area contributed by atoms with E-state index < -0.39 is 0 Å². The molecule has 0 aliphatic heterocycles. The zero-order valence-electron chi connectivity index (χ0n) is 15.9. The Morgan fingerprint density at radius 1 is 1.19 bits per heavy atom. The van der Waals surface area contributed by atoms with E-state index in [1.165, 1.54) is 0 Å². The zero-order valence-corrected chi connectivity index (χ0v) is 15.9. The molecule has 0 radical (unpaired) electrons. The highest BCUT2D eigenvalue weighted by atomic mass is 16.1. The fourth-order valence-corrected chi connectivity index (χ4v) is 2.89. The highest BCUT2D eigenvalue weighted by Gasteiger charge is 2.21. The molecule has 0 atom stereocenters. The van der Waals surface area contributed by atoms with Crippen molar-refractivity contribution < 1.29 is 4.79 Å². The molecule has 0 saturated carbocycles. The number of benzene rings is 1. The van der Waals surface area contributed by atoms with E-state index in [-0.39, 0.29) is 11.3 Å². The first-order valence-corrected chi connectivity index (χ1v) is 9.10. The molecular weight excluding hydrogens is 324 g/mol. The number of nitrogens with one attached hydrogen (secondary N) is 1. The van der Waals surface area contributed by atoms with Crippen LogP contribution in [-0.4, -0.2) is 20.5 Å². The molecule has 5 heteroatoms. The number of rotatable bonds is 5. The van der Waals surface area contributed by atoms with Crippen molar-refractivity contribution in [1.29, 1.82) is 0 Å². The fraction of sp³-hybridized carbons (Fsp3) is 0.381. The quantitative estimate of drug-likeness (QED) is 0.759. The van der Waals surface area contributed by atoms with Gasteiger partial charge in [-0.3, -0.25) is 4.79 Å². The minimum Gasteiger partial charge on any atom is -0.348 e. The van der Waals surface area contributed by atoms with Gasteiger partial charge < -0.3 is 5.32 Å². The van der Waals surface area contributed by atoms with E-state index in [1.54, 1.807) is 6.20 Å². The van der Waals surface area contributed by atoms with E-state index >= 15 is 0 Å². The predicted molar refractivity (Wildman–Crippen MR) is 103 cm³/mol. The molecule has 0 saturated heterocycles. The van der Waals surface area contributed by atoms with Crippen LogP contribution >= 0.6 is 0 Å². The predicted octanol–water partition coefficient (Wildman–Crippen LogP) is 3.91. The lowest BCUT2D eigenvalue weighted by Gasteiger charge is -2.14. The van der Waals surface area contributed by atoms with Crippen molar-refractivity contribution >= 4 is 11.6 Å². The fourth-order valence-electron chi connectivity index (χ4n) is 2.89. The van der Waals surface area contributed by atoms with E-state index in [1.807, 2.05) is 40.9 Å². The van der Waals surface area contributed by atoms with Gasteiger partial charge in [-0.25, -0.2) is 9.50 Å². The summed E-state index contributed by atoms with van der Waals surface area (Å²) in [5, 5.41) is 7.73. The molecule has 0 bridgehead atoms. The van der Waals surface area contributed by atoms with E-state index in [0.29, 0.717) is 12.1 Å². The molecule has 5 nitrogen and oxygen atoms in total. The summed E-state index contributed by atoms with van der Waals surface area (Å²) in [7, 11) is 0. The molecule has 1 N–H and O–H groups in total. The van der Waals surface area contributed by atoms with Crippen molar-refractivity contribution in [3.63, 3.8) is 0 Å². The Hall–Kier alpha value is -2.69. The summed E-state index contributed by atoms with van der Waals surface area (Å²) in [6.45, 7) is 8.98. The molecule has 0 unspecified atom stereocenters. The van der Waals surface area contributed by atoms with Crippen LogP contribution in [0.25, 0.3) is 5.65 Å². The minimum absolute atomic E-state index is 0.0626. The Balaban J connectivity index is 1.94. The van der Waals surface area contributed by atoms with E-state index in [0.717, 1.165) is 35.4 Å². The maximum atomic E-state index is 12.8. The van der Waals surface area contributed by atoms with Gasteiger partial charge in [-0.1, -0.05) is 64.4 Å². The molecule has 0 aliphatic rings. The first-order valence-electron chi connectivity index (χ1n) is 9.10. The number of nitrogens with zero attached hydrogens (tertiary/aromatic N) is 3. The maximum Gasteiger partial charge on any atom is 0.254 e. The van der Waals surface area contributed by atoms with Crippen LogP contribution in [0.4, 0.5) is 0 Å². The number of hydrogen-bond donors (Lipinski definition) is 1. The summed E-state index contributed by atoms with van der Waals surface area (Å²) < 4.78 is 1.83. The van der Waals surface area contributed by atoms with Gasteiger partial charge in [-0.15, -0.1) is 0 Å². The normalized spacial score (nSPS) is 11.7. The Morgan fingerprint density at radius 2 is 1.92 bits per heavy atom. The van der Waals surface area contributed by atoms with Gasteiger partial charge >= 0.3 is 0 Å². The third-order valence-electron chi connectivity index (χ3n) is 4.38. The summed E-state index contributed by atoms with van der Waals surface area (Å²) in [4.78, 5) is 17.2. The summed E-state index contributed by atoms with van der Waals surface area (Å²) in [5.41, 5.74) is 4.29. The Labute approximate surface area is 154 Å². The van der Waals surface area contributed by atoms with Crippen LogP contribution in [0, 0.1) is 0 Å². The number of amides is 1. The molecule has 0 fully saturated rings. The van der Waals surface area contributed by atoms with Crippen molar-refractivity contribution in [2.75, 3.05) is 0 Å². The SMILES string of the molecule is CCCc1c(C(=O)NCc2ccccc2)cnc2cc(C(C)(C)C)nn12. The molecule has 2 heterocycles. The van der Waals surface area contributed by atoms with Crippen LogP contribution in [0.5, 0.6) is 0 Å². The summed E-state index contributed by atoms with van der Waals surface area (Å²) in [5.74, 6) is -0.112. The third-order valence-corrected chi connectivity index (χ3v) is 4.38. The van der Waals surface area contributed by atoms with Gasteiger partial charge in [0.25, 0.3) is 5.91 Å². The number of aryl methyl sites for hydroxylation is 1. The summed E-state index contributed by atoms with van der Waals surface area (Å²) >= 11 is 0. The van der Waals surface area contributed by atoms with E-state index in [2.05, 4.69) is 38.0 Å². The van der Waals surface area contributed by atoms with E-state index in [4.69, 9.17) is 5.10 Å². The zero-order chi connectivity index (χ0) is 18.7. The number of hydrogen-bond acceptors (Lipinski definition) is 3. The van der Waals surface area contributed by atoms with Crippen molar-refractivity contribution in [2.24, 2.45) is 0 Å². The third kappa shape index (κ3) is 3.77. The van der Waals surface area contributed by atoms with Crippen LogP contribution < -0.4 is 5.32 Å². The van der Waals surface area contributed by atoms with Crippen molar-refractivity contribution in [2.45, 2.75) is 52.5 Å². The highest BCUT2D eigenvalue weighted by Crippen LogP contribution is 2.23.